The number of hydrogen-bond donors (Lipinski definition) is 2. The molecule has 1 saturated heterocycles. The molecule has 2 N–H and O–H groups in total. The molecule has 0 saturated carbocycles. The summed E-state index contributed by atoms with van der Waals surface area (Å²) in [4.78, 5) is 23.3. The molecule has 2 amide bonds. The van der Waals surface area contributed by atoms with E-state index in [1.54, 1.807) is 19.2 Å². The Kier molecular flexibility index (Phi) is 4.04. The van der Waals surface area contributed by atoms with Crippen molar-refractivity contribution < 1.29 is 14.3 Å². The molecule has 102 valence electrons. The average molecular weight is 262 g/mol. The van der Waals surface area contributed by atoms with Gasteiger partial charge in [0.15, 0.2) is 0 Å². The van der Waals surface area contributed by atoms with Crippen molar-refractivity contribution in [3.8, 4) is 5.75 Å². The lowest BCUT2D eigenvalue weighted by Crippen LogP contribution is -2.47. The third-order valence-electron chi connectivity index (χ3n) is 3.20. The van der Waals surface area contributed by atoms with Crippen LogP contribution in [0.25, 0.3) is 0 Å². The molecule has 1 heterocycles. The Balaban J connectivity index is 2.07. The van der Waals surface area contributed by atoms with Crippen molar-refractivity contribution >= 4 is 11.8 Å². The summed E-state index contributed by atoms with van der Waals surface area (Å²) in [7, 11) is 1.54. The van der Waals surface area contributed by atoms with E-state index in [2.05, 4.69) is 10.6 Å². The highest BCUT2D eigenvalue weighted by atomic mass is 16.5. The van der Waals surface area contributed by atoms with Gasteiger partial charge < -0.3 is 15.4 Å². The van der Waals surface area contributed by atoms with Gasteiger partial charge >= 0.3 is 0 Å². The third-order valence-corrected chi connectivity index (χ3v) is 3.20. The maximum absolute atomic E-state index is 12.2. The van der Waals surface area contributed by atoms with E-state index in [9.17, 15) is 9.59 Å². The molecule has 1 aromatic carbocycles. The van der Waals surface area contributed by atoms with Crippen LogP contribution in [0.3, 0.4) is 0 Å². The number of aryl methyl sites for hydroxylation is 1. The molecule has 0 radical (unpaired) electrons. The Morgan fingerprint density at radius 1 is 1.47 bits per heavy atom. The Hall–Kier alpha value is -2.04. The number of carbonyl (C=O) groups excluding carboxylic acids is 2. The molecule has 5 nitrogen and oxygen atoms in total. The van der Waals surface area contributed by atoms with E-state index >= 15 is 0 Å². The fraction of sp³-hybridized carbons (Fsp3) is 0.429. The summed E-state index contributed by atoms with van der Waals surface area (Å²) in [5, 5.41) is 5.67. The van der Waals surface area contributed by atoms with Crippen molar-refractivity contribution in [2.75, 3.05) is 13.7 Å². The SMILES string of the molecule is COc1ccc(C)cc1C(=O)NC1CCC(=O)NC1. The van der Waals surface area contributed by atoms with Gasteiger partial charge in [-0.15, -0.1) is 0 Å². The van der Waals surface area contributed by atoms with Crippen LogP contribution in [0.4, 0.5) is 0 Å². The Bertz CT molecular complexity index is 489. The van der Waals surface area contributed by atoms with Gasteiger partial charge in [-0.1, -0.05) is 11.6 Å². The first-order valence-electron chi connectivity index (χ1n) is 6.32. The Morgan fingerprint density at radius 2 is 2.26 bits per heavy atom. The van der Waals surface area contributed by atoms with Gasteiger partial charge in [0.2, 0.25) is 5.91 Å². The fourth-order valence-electron chi connectivity index (χ4n) is 2.12. The summed E-state index contributed by atoms with van der Waals surface area (Å²) in [5.74, 6) is 0.434. The first kappa shape index (κ1) is 13.4. The summed E-state index contributed by atoms with van der Waals surface area (Å²) in [6, 6.07) is 5.47. The molecule has 1 atom stereocenters. The van der Waals surface area contributed by atoms with E-state index in [1.807, 2.05) is 13.0 Å². The zero-order valence-corrected chi connectivity index (χ0v) is 11.2. The molecule has 0 spiro atoms. The minimum atomic E-state index is -0.165. The number of amides is 2. The van der Waals surface area contributed by atoms with Crippen LogP contribution in [0.1, 0.15) is 28.8 Å². The monoisotopic (exact) mass is 262 g/mol. The van der Waals surface area contributed by atoms with Crippen molar-refractivity contribution in [3.63, 3.8) is 0 Å². The van der Waals surface area contributed by atoms with Gasteiger partial charge in [-0.3, -0.25) is 9.59 Å². The summed E-state index contributed by atoms with van der Waals surface area (Å²) in [5.41, 5.74) is 1.53. The molecule has 1 aliphatic heterocycles. The summed E-state index contributed by atoms with van der Waals surface area (Å²) < 4.78 is 5.20. The normalized spacial score (nSPS) is 18.6. The van der Waals surface area contributed by atoms with Crippen molar-refractivity contribution in [2.24, 2.45) is 0 Å². The van der Waals surface area contributed by atoms with E-state index in [-0.39, 0.29) is 17.9 Å². The number of piperidine rings is 1. The summed E-state index contributed by atoms with van der Waals surface area (Å²) >= 11 is 0. The number of methoxy groups -OCH3 is 1. The first-order valence-corrected chi connectivity index (χ1v) is 6.32. The highest BCUT2D eigenvalue weighted by molar-refractivity contribution is 5.97. The van der Waals surface area contributed by atoms with Crippen LogP contribution in [0.15, 0.2) is 18.2 Å². The van der Waals surface area contributed by atoms with Crippen molar-refractivity contribution in [1.29, 1.82) is 0 Å². The zero-order valence-electron chi connectivity index (χ0n) is 11.2. The number of ether oxygens (including phenoxy) is 1. The second-order valence-corrected chi connectivity index (χ2v) is 4.72. The molecule has 2 rings (SSSR count). The molecule has 5 heteroatoms. The summed E-state index contributed by atoms with van der Waals surface area (Å²) in [6.45, 7) is 2.41. The van der Waals surface area contributed by atoms with Gasteiger partial charge in [-0.25, -0.2) is 0 Å². The fourth-order valence-corrected chi connectivity index (χ4v) is 2.12. The number of rotatable bonds is 3. The minimum Gasteiger partial charge on any atom is -0.496 e. The zero-order chi connectivity index (χ0) is 13.8. The summed E-state index contributed by atoms with van der Waals surface area (Å²) in [6.07, 6.45) is 1.13. The van der Waals surface area contributed by atoms with Gasteiger partial charge in [0, 0.05) is 19.0 Å². The number of benzene rings is 1. The van der Waals surface area contributed by atoms with Crippen molar-refractivity contribution in [3.05, 3.63) is 29.3 Å². The number of hydrogen-bond acceptors (Lipinski definition) is 3. The van der Waals surface area contributed by atoms with Gasteiger partial charge in [0.1, 0.15) is 5.75 Å². The molecule has 1 aromatic rings. The smallest absolute Gasteiger partial charge is 0.255 e. The molecule has 19 heavy (non-hydrogen) atoms. The standard InChI is InChI=1S/C14H18N2O3/c1-9-3-5-12(19-2)11(7-9)14(18)16-10-4-6-13(17)15-8-10/h3,5,7,10H,4,6,8H2,1-2H3,(H,15,17)(H,16,18). The van der Waals surface area contributed by atoms with Crippen LogP contribution in [0.5, 0.6) is 5.75 Å². The van der Waals surface area contributed by atoms with Gasteiger partial charge in [-0.05, 0) is 25.5 Å². The van der Waals surface area contributed by atoms with Crippen LogP contribution in [-0.4, -0.2) is 31.5 Å². The largest absolute Gasteiger partial charge is 0.496 e. The Morgan fingerprint density at radius 3 is 2.89 bits per heavy atom. The highest BCUT2D eigenvalue weighted by Crippen LogP contribution is 2.19. The molecule has 0 aliphatic carbocycles. The van der Waals surface area contributed by atoms with E-state index in [4.69, 9.17) is 4.74 Å². The predicted molar refractivity (Wildman–Crippen MR) is 71.2 cm³/mol. The van der Waals surface area contributed by atoms with Crippen LogP contribution >= 0.6 is 0 Å². The first-order chi connectivity index (χ1) is 9.10. The van der Waals surface area contributed by atoms with Gasteiger partial charge in [-0.2, -0.15) is 0 Å². The van der Waals surface area contributed by atoms with Crippen molar-refractivity contribution in [2.45, 2.75) is 25.8 Å². The van der Waals surface area contributed by atoms with Gasteiger partial charge in [0.05, 0.1) is 12.7 Å². The molecule has 1 fully saturated rings. The lowest BCUT2D eigenvalue weighted by Gasteiger charge is -2.23. The topological polar surface area (TPSA) is 67.4 Å². The van der Waals surface area contributed by atoms with E-state index < -0.39 is 0 Å². The average Bonchev–Trinajstić information content (AvgIpc) is 2.41. The van der Waals surface area contributed by atoms with Crippen LogP contribution in [0, 0.1) is 6.92 Å². The second kappa shape index (κ2) is 5.73. The quantitative estimate of drug-likeness (QED) is 0.854. The Labute approximate surface area is 112 Å². The molecular formula is C14H18N2O3. The molecule has 0 aromatic heterocycles. The molecule has 1 aliphatic rings. The maximum Gasteiger partial charge on any atom is 0.255 e. The second-order valence-electron chi connectivity index (χ2n) is 4.72. The number of nitrogens with one attached hydrogen (secondary N) is 2. The lowest BCUT2D eigenvalue weighted by molar-refractivity contribution is -0.122. The minimum absolute atomic E-state index is 0.0181. The van der Waals surface area contributed by atoms with Crippen LogP contribution < -0.4 is 15.4 Å². The number of carbonyl (C=O) groups is 2. The van der Waals surface area contributed by atoms with E-state index in [1.165, 1.54) is 0 Å². The molecular weight excluding hydrogens is 244 g/mol. The van der Waals surface area contributed by atoms with Crippen molar-refractivity contribution in [1.82, 2.24) is 10.6 Å². The third kappa shape index (κ3) is 3.24. The highest BCUT2D eigenvalue weighted by Gasteiger charge is 2.21. The van der Waals surface area contributed by atoms with E-state index in [0.717, 1.165) is 5.56 Å². The maximum atomic E-state index is 12.2. The van der Waals surface area contributed by atoms with Gasteiger partial charge in [0.25, 0.3) is 5.91 Å². The van der Waals surface area contributed by atoms with Crippen LogP contribution in [0.2, 0.25) is 0 Å². The van der Waals surface area contributed by atoms with Crippen LogP contribution in [-0.2, 0) is 4.79 Å². The van der Waals surface area contributed by atoms with E-state index in [0.29, 0.717) is 30.7 Å². The lowest BCUT2D eigenvalue weighted by atomic mass is 10.1. The predicted octanol–water partition coefficient (Wildman–Crippen LogP) is 1.01. The molecule has 0 bridgehead atoms. The molecule has 1 unspecified atom stereocenters.